The Balaban J connectivity index is 1.73. The normalized spacial score (nSPS) is 21.4. The Labute approximate surface area is 122 Å². The van der Waals surface area contributed by atoms with Crippen LogP contribution in [0.1, 0.15) is 36.6 Å². The molecule has 0 amide bonds. The van der Waals surface area contributed by atoms with E-state index in [1.807, 2.05) is 29.1 Å². The molecule has 106 valence electrons. The molecule has 3 aromatic rings. The molecule has 5 heteroatoms. The summed E-state index contributed by atoms with van der Waals surface area (Å²) in [5, 5.41) is 5.49. The lowest BCUT2D eigenvalue weighted by molar-refractivity contribution is 0.382. The molecular weight excluding hydrogens is 262 g/mol. The fraction of sp³-hybridized carbons (Fsp3) is 0.312. The number of pyridine rings is 1. The third-order valence-corrected chi connectivity index (χ3v) is 4.27. The van der Waals surface area contributed by atoms with Crippen molar-refractivity contribution in [1.29, 1.82) is 0 Å². The summed E-state index contributed by atoms with van der Waals surface area (Å²) in [6.07, 6.45) is 3.04. The molecule has 0 radical (unpaired) electrons. The second-order valence-electron chi connectivity index (χ2n) is 5.81. The maximum absolute atomic E-state index is 5.72. The van der Waals surface area contributed by atoms with Gasteiger partial charge in [0.25, 0.3) is 0 Å². The van der Waals surface area contributed by atoms with Crippen molar-refractivity contribution in [1.82, 2.24) is 19.7 Å². The van der Waals surface area contributed by atoms with Crippen LogP contribution in [0.5, 0.6) is 0 Å². The predicted molar refractivity (Wildman–Crippen MR) is 82.0 cm³/mol. The first-order valence-corrected chi connectivity index (χ1v) is 7.25. The molecule has 0 saturated carbocycles. The van der Waals surface area contributed by atoms with Crippen LogP contribution in [0.2, 0.25) is 0 Å². The van der Waals surface area contributed by atoms with Gasteiger partial charge in [-0.2, -0.15) is 4.98 Å². The van der Waals surface area contributed by atoms with Crippen molar-refractivity contribution >= 4 is 16.9 Å². The number of hydrogen-bond donors (Lipinski definition) is 1. The molecule has 2 unspecified atom stereocenters. The molecule has 3 heterocycles. The molecule has 5 nitrogen and oxygen atoms in total. The van der Waals surface area contributed by atoms with Gasteiger partial charge >= 0.3 is 0 Å². The Morgan fingerprint density at radius 3 is 3.05 bits per heavy atom. The lowest BCUT2D eigenvalue weighted by atomic mass is 9.87. The number of fused-ring (bicyclic) bond motifs is 2. The van der Waals surface area contributed by atoms with Gasteiger partial charge in [0, 0.05) is 23.4 Å². The second-order valence-corrected chi connectivity index (χ2v) is 5.81. The smallest absolute Gasteiger partial charge is 0.239 e. The molecule has 0 fully saturated rings. The van der Waals surface area contributed by atoms with E-state index >= 15 is 0 Å². The molecule has 1 aliphatic heterocycles. The monoisotopic (exact) mass is 279 g/mol. The van der Waals surface area contributed by atoms with Crippen LogP contribution in [-0.4, -0.2) is 19.7 Å². The minimum absolute atomic E-state index is 0.361. The van der Waals surface area contributed by atoms with Crippen LogP contribution in [-0.2, 0) is 6.54 Å². The van der Waals surface area contributed by atoms with E-state index in [2.05, 4.69) is 34.1 Å². The zero-order valence-corrected chi connectivity index (χ0v) is 11.9. The van der Waals surface area contributed by atoms with Crippen LogP contribution in [0, 0.1) is 0 Å². The van der Waals surface area contributed by atoms with Gasteiger partial charge in [0.2, 0.25) is 5.95 Å². The summed E-state index contributed by atoms with van der Waals surface area (Å²) in [5.74, 6) is 2.14. The molecule has 2 atom stereocenters. The fourth-order valence-corrected chi connectivity index (χ4v) is 3.24. The topological polar surface area (TPSA) is 69.6 Å². The van der Waals surface area contributed by atoms with Crippen LogP contribution in [0.3, 0.4) is 0 Å². The average Bonchev–Trinajstić information content (AvgIpc) is 2.88. The summed E-state index contributed by atoms with van der Waals surface area (Å²) in [4.78, 5) is 8.90. The van der Waals surface area contributed by atoms with Crippen molar-refractivity contribution in [2.45, 2.75) is 31.7 Å². The SMILES string of the molecule is CC1CC(c2cnc3ccccc3c2)Cn2nc(N)nc21. The van der Waals surface area contributed by atoms with Crippen molar-refractivity contribution in [2.75, 3.05) is 5.73 Å². The average molecular weight is 279 g/mol. The van der Waals surface area contributed by atoms with Gasteiger partial charge in [-0.25, -0.2) is 4.68 Å². The molecular formula is C16H17N5. The standard InChI is InChI=1S/C16H17N5/c1-10-6-13(9-21-15(10)19-16(17)20-21)12-7-11-4-2-3-5-14(11)18-8-12/h2-5,7-8,10,13H,6,9H2,1H3,(H2,17,20). The van der Waals surface area contributed by atoms with Gasteiger partial charge in [-0.05, 0) is 24.1 Å². The van der Waals surface area contributed by atoms with E-state index in [0.717, 1.165) is 24.3 Å². The number of anilines is 1. The second kappa shape index (κ2) is 4.55. The van der Waals surface area contributed by atoms with Crippen molar-refractivity contribution in [3.05, 3.63) is 47.9 Å². The molecule has 1 aliphatic rings. The highest BCUT2D eigenvalue weighted by Gasteiger charge is 2.28. The summed E-state index contributed by atoms with van der Waals surface area (Å²) in [7, 11) is 0. The Kier molecular flexibility index (Phi) is 2.67. The summed E-state index contributed by atoms with van der Waals surface area (Å²) in [5.41, 5.74) is 8.03. The van der Waals surface area contributed by atoms with E-state index in [1.54, 1.807) is 0 Å². The number of nitrogens with two attached hydrogens (primary N) is 1. The van der Waals surface area contributed by atoms with Crippen molar-refractivity contribution in [3.63, 3.8) is 0 Å². The molecule has 0 bridgehead atoms. The summed E-state index contributed by atoms with van der Waals surface area (Å²) in [6, 6.07) is 10.5. The lowest BCUT2D eigenvalue weighted by Crippen LogP contribution is -2.22. The number of rotatable bonds is 1. The number of aromatic nitrogens is 4. The van der Waals surface area contributed by atoms with Crippen LogP contribution >= 0.6 is 0 Å². The number of nitrogen functional groups attached to an aromatic ring is 1. The zero-order chi connectivity index (χ0) is 14.4. The molecule has 2 aromatic heterocycles. The van der Waals surface area contributed by atoms with Gasteiger partial charge in [-0.3, -0.25) is 4.98 Å². The van der Waals surface area contributed by atoms with Gasteiger partial charge in [-0.1, -0.05) is 25.1 Å². The minimum Gasteiger partial charge on any atom is -0.366 e. The molecule has 1 aromatic carbocycles. The highest BCUT2D eigenvalue weighted by Crippen LogP contribution is 2.35. The van der Waals surface area contributed by atoms with Gasteiger partial charge in [0.05, 0.1) is 12.1 Å². The molecule has 21 heavy (non-hydrogen) atoms. The van der Waals surface area contributed by atoms with E-state index in [-0.39, 0.29) is 0 Å². The van der Waals surface area contributed by atoms with Crippen molar-refractivity contribution < 1.29 is 0 Å². The zero-order valence-electron chi connectivity index (χ0n) is 11.9. The molecule has 2 N–H and O–H groups in total. The van der Waals surface area contributed by atoms with Gasteiger partial charge in [0.15, 0.2) is 0 Å². The fourth-order valence-electron chi connectivity index (χ4n) is 3.24. The maximum Gasteiger partial charge on any atom is 0.239 e. The van der Waals surface area contributed by atoms with E-state index in [0.29, 0.717) is 17.8 Å². The van der Waals surface area contributed by atoms with E-state index < -0.39 is 0 Å². The molecule has 0 saturated heterocycles. The van der Waals surface area contributed by atoms with Crippen molar-refractivity contribution in [2.24, 2.45) is 0 Å². The molecule has 4 rings (SSSR count). The van der Waals surface area contributed by atoms with Gasteiger partial charge in [0.1, 0.15) is 5.82 Å². The van der Waals surface area contributed by atoms with Crippen LogP contribution < -0.4 is 5.73 Å². The Bertz CT molecular complexity index is 807. The Morgan fingerprint density at radius 1 is 1.29 bits per heavy atom. The first-order chi connectivity index (χ1) is 10.2. The van der Waals surface area contributed by atoms with E-state index in [4.69, 9.17) is 5.73 Å². The third-order valence-electron chi connectivity index (χ3n) is 4.27. The molecule has 0 aliphatic carbocycles. The highest BCUT2D eigenvalue weighted by molar-refractivity contribution is 5.78. The van der Waals surface area contributed by atoms with E-state index in [9.17, 15) is 0 Å². The quantitative estimate of drug-likeness (QED) is 0.743. The third kappa shape index (κ3) is 2.05. The first-order valence-electron chi connectivity index (χ1n) is 7.25. The Hall–Kier alpha value is -2.43. The first kappa shape index (κ1) is 12.3. The summed E-state index contributed by atoms with van der Waals surface area (Å²) in [6.45, 7) is 3.00. The Morgan fingerprint density at radius 2 is 2.14 bits per heavy atom. The number of benzene rings is 1. The predicted octanol–water partition coefficient (Wildman–Crippen LogP) is 2.70. The van der Waals surface area contributed by atoms with Gasteiger partial charge < -0.3 is 5.73 Å². The van der Waals surface area contributed by atoms with Crippen LogP contribution in [0.25, 0.3) is 10.9 Å². The highest BCUT2D eigenvalue weighted by atomic mass is 15.4. The number of hydrogen-bond acceptors (Lipinski definition) is 4. The largest absolute Gasteiger partial charge is 0.366 e. The van der Waals surface area contributed by atoms with Crippen LogP contribution in [0.15, 0.2) is 36.5 Å². The number of para-hydroxylation sites is 1. The maximum atomic E-state index is 5.72. The summed E-state index contributed by atoms with van der Waals surface area (Å²) >= 11 is 0. The molecule has 0 spiro atoms. The van der Waals surface area contributed by atoms with Crippen molar-refractivity contribution in [3.8, 4) is 0 Å². The summed E-state index contributed by atoms with van der Waals surface area (Å²) < 4.78 is 1.95. The minimum atomic E-state index is 0.361. The lowest BCUT2D eigenvalue weighted by Gasteiger charge is -2.27. The van der Waals surface area contributed by atoms with E-state index in [1.165, 1.54) is 10.9 Å². The number of nitrogens with zero attached hydrogens (tertiary/aromatic N) is 4. The van der Waals surface area contributed by atoms with Gasteiger partial charge in [-0.15, -0.1) is 5.10 Å². The van der Waals surface area contributed by atoms with Crippen LogP contribution in [0.4, 0.5) is 5.95 Å².